The molecule has 0 spiro atoms. The number of carbonyl (C=O) groups excluding carboxylic acids is 1. The molecule has 3 N–H and O–H groups in total. The summed E-state index contributed by atoms with van der Waals surface area (Å²) >= 11 is 0. The lowest BCUT2D eigenvalue weighted by molar-refractivity contribution is -0.147. The van der Waals surface area contributed by atoms with Crippen molar-refractivity contribution in [1.29, 1.82) is 0 Å². The van der Waals surface area contributed by atoms with E-state index in [-0.39, 0.29) is 36.5 Å². The molecule has 0 aliphatic carbocycles. The number of rotatable bonds is 7. The average molecular weight is 435 g/mol. The van der Waals surface area contributed by atoms with Crippen molar-refractivity contribution in [2.75, 3.05) is 17.7 Å². The van der Waals surface area contributed by atoms with Crippen LogP contribution < -0.4 is 20.5 Å². The number of hydrogen-bond acceptors (Lipinski definition) is 9. The number of aryl methyl sites for hydroxylation is 1. The van der Waals surface area contributed by atoms with Gasteiger partial charge in [0.25, 0.3) is 0 Å². The molecule has 0 saturated heterocycles. The average Bonchev–Trinajstić information content (AvgIpc) is 3.06. The summed E-state index contributed by atoms with van der Waals surface area (Å²) in [4.78, 5) is 24.5. The number of anilines is 3. The van der Waals surface area contributed by atoms with E-state index in [0.717, 1.165) is 23.2 Å². The Morgan fingerprint density at radius 3 is 2.72 bits per heavy atom. The number of nitrogens with two attached hydrogens (primary N) is 1. The van der Waals surface area contributed by atoms with Crippen LogP contribution in [0.3, 0.4) is 0 Å². The SMILES string of the molecule is Cc1ccc(Nc2nc(N)nc(COC(=O)COc3cccc4c3OC(C)(C)C4)n2)cc1. The first kappa shape index (κ1) is 21.4. The van der Waals surface area contributed by atoms with E-state index in [4.69, 9.17) is 19.9 Å². The molecule has 9 nitrogen and oxygen atoms in total. The number of nitrogen functional groups attached to an aromatic ring is 1. The highest BCUT2D eigenvalue weighted by Gasteiger charge is 2.32. The zero-order valence-electron chi connectivity index (χ0n) is 18.2. The lowest BCUT2D eigenvalue weighted by Crippen LogP contribution is -2.24. The monoisotopic (exact) mass is 435 g/mol. The normalized spacial score (nSPS) is 13.7. The first-order valence-corrected chi connectivity index (χ1v) is 10.2. The van der Waals surface area contributed by atoms with E-state index in [2.05, 4.69) is 20.3 Å². The van der Waals surface area contributed by atoms with Crippen LogP contribution in [0.5, 0.6) is 11.5 Å². The molecular formula is C23H25N5O4. The number of aromatic nitrogens is 3. The summed E-state index contributed by atoms with van der Waals surface area (Å²) in [6.45, 7) is 5.59. The van der Waals surface area contributed by atoms with Gasteiger partial charge in [-0.1, -0.05) is 29.8 Å². The highest BCUT2D eigenvalue weighted by molar-refractivity contribution is 5.71. The van der Waals surface area contributed by atoms with Crippen molar-refractivity contribution in [3.8, 4) is 11.5 Å². The number of hydrogen-bond donors (Lipinski definition) is 2. The predicted octanol–water partition coefficient (Wildman–Crippen LogP) is 3.34. The lowest BCUT2D eigenvalue weighted by atomic mass is 10.0. The smallest absolute Gasteiger partial charge is 0.344 e. The number of nitrogens with zero attached hydrogens (tertiary/aromatic N) is 3. The largest absolute Gasteiger partial charge is 0.483 e. The molecule has 2 heterocycles. The molecule has 0 bridgehead atoms. The molecule has 4 rings (SSSR count). The fraction of sp³-hybridized carbons (Fsp3) is 0.304. The highest BCUT2D eigenvalue weighted by atomic mass is 16.6. The molecule has 9 heteroatoms. The molecule has 1 aromatic heterocycles. The Hall–Kier alpha value is -3.88. The van der Waals surface area contributed by atoms with Crippen LogP contribution in [-0.4, -0.2) is 33.1 Å². The van der Waals surface area contributed by atoms with Crippen LogP contribution in [0.2, 0.25) is 0 Å². The molecule has 166 valence electrons. The third-order valence-electron chi connectivity index (χ3n) is 4.77. The summed E-state index contributed by atoms with van der Waals surface area (Å²) < 4.78 is 16.8. The minimum atomic E-state index is -0.563. The van der Waals surface area contributed by atoms with Gasteiger partial charge >= 0.3 is 5.97 Å². The van der Waals surface area contributed by atoms with Gasteiger partial charge in [-0.3, -0.25) is 0 Å². The number of nitrogens with one attached hydrogen (secondary N) is 1. The Balaban J connectivity index is 1.33. The van der Waals surface area contributed by atoms with E-state index in [9.17, 15) is 4.79 Å². The number of esters is 1. The van der Waals surface area contributed by atoms with Gasteiger partial charge in [0.05, 0.1) is 0 Å². The number of benzene rings is 2. The molecule has 32 heavy (non-hydrogen) atoms. The second kappa shape index (κ2) is 8.70. The van der Waals surface area contributed by atoms with Crippen molar-refractivity contribution in [2.45, 2.75) is 39.4 Å². The Morgan fingerprint density at radius 1 is 1.16 bits per heavy atom. The predicted molar refractivity (Wildman–Crippen MR) is 119 cm³/mol. The molecule has 1 aliphatic heterocycles. The third kappa shape index (κ3) is 5.23. The third-order valence-corrected chi connectivity index (χ3v) is 4.77. The molecule has 0 unspecified atom stereocenters. The zero-order valence-corrected chi connectivity index (χ0v) is 18.2. The fourth-order valence-corrected chi connectivity index (χ4v) is 3.35. The first-order chi connectivity index (χ1) is 15.3. The molecule has 0 radical (unpaired) electrons. The number of ether oxygens (including phenoxy) is 3. The maximum Gasteiger partial charge on any atom is 0.344 e. The second-order valence-electron chi connectivity index (χ2n) is 8.16. The fourth-order valence-electron chi connectivity index (χ4n) is 3.35. The van der Waals surface area contributed by atoms with Crippen molar-refractivity contribution in [3.63, 3.8) is 0 Å². The summed E-state index contributed by atoms with van der Waals surface area (Å²) in [7, 11) is 0. The molecule has 0 atom stereocenters. The molecule has 0 saturated carbocycles. The van der Waals surface area contributed by atoms with Crippen LogP contribution in [0, 0.1) is 6.92 Å². The lowest BCUT2D eigenvalue weighted by Gasteiger charge is -2.18. The van der Waals surface area contributed by atoms with E-state index < -0.39 is 5.97 Å². The van der Waals surface area contributed by atoms with Gasteiger partial charge in [0.1, 0.15) is 5.60 Å². The minimum absolute atomic E-state index is 0.0246. The summed E-state index contributed by atoms with van der Waals surface area (Å²) in [5, 5.41) is 3.06. The van der Waals surface area contributed by atoms with Gasteiger partial charge < -0.3 is 25.3 Å². The van der Waals surface area contributed by atoms with Crippen molar-refractivity contribution < 1.29 is 19.0 Å². The number of para-hydroxylation sites is 1. The van der Waals surface area contributed by atoms with Crippen LogP contribution in [0.1, 0.15) is 30.8 Å². The van der Waals surface area contributed by atoms with Crippen molar-refractivity contribution in [3.05, 3.63) is 59.4 Å². The van der Waals surface area contributed by atoms with Gasteiger partial charge in [-0.05, 0) is 39.0 Å². The Labute approximate surface area is 186 Å². The van der Waals surface area contributed by atoms with Crippen molar-refractivity contribution >= 4 is 23.6 Å². The summed E-state index contributed by atoms with van der Waals surface area (Å²) in [6.07, 6.45) is 0.781. The standard InChI is InChI=1S/C23H25N5O4/c1-14-7-9-16(10-8-14)25-22-27-18(26-21(24)28-22)12-31-19(29)13-30-17-6-4-5-15-11-23(2,3)32-20(15)17/h4-10H,11-13H2,1-3H3,(H3,24,25,26,27,28). The second-order valence-corrected chi connectivity index (χ2v) is 8.16. The highest BCUT2D eigenvalue weighted by Crippen LogP contribution is 2.41. The topological polar surface area (TPSA) is 121 Å². The van der Waals surface area contributed by atoms with Gasteiger partial charge in [-0.2, -0.15) is 15.0 Å². The maximum atomic E-state index is 12.2. The molecular weight excluding hydrogens is 410 g/mol. The molecule has 0 fully saturated rings. The van der Waals surface area contributed by atoms with E-state index >= 15 is 0 Å². The molecule has 2 aromatic carbocycles. The van der Waals surface area contributed by atoms with Gasteiger partial charge in [0.15, 0.2) is 30.5 Å². The van der Waals surface area contributed by atoms with Crippen molar-refractivity contribution in [2.24, 2.45) is 0 Å². The molecule has 0 amide bonds. The zero-order chi connectivity index (χ0) is 22.7. The Kier molecular flexibility index (Phi) is 5.81. The number of carbonyl (C=O) groups is 1. The van der Waals surface area contributed by atoms with Crippen LogP contribution in [0.25, 0.3) is 0 Å². The molecule has 1 aliphatic rings. The van der Waals surface area contributed by atoms with E-state index in [0.29, 0.717) is 11.5 Å². The summed E-state index contributed by atoms with van der Waals surface area (Å²) in [6, 6.07) is 13.4. The maximum absolute atomic E-state index is 12.2. The van der Waals surface area contributed by atoms with Gasteiger partial charge in [0.2, 0.25) is 11.9 Å². The first-order valence-electron chi connectivity index (χ1n) is 10.2. The van der Waals surface area contributed by atoms with Crippen LogP contribution in [0.4, 0.5) is 17.6 Å². The molecule has 3 aromatic rings. The van der Waals surface area contributed by atoms with Gasteiger partial charge in [-0.15, -0.1) is 0 Å². The van der Waals surface area contributed by atoms with E-state index in [1.165, 1.54) is 0 Å². The van der Waals surface area contributed by atoms with Crippen LogP contribution in [0.15, 0.2) is 42.5 Å². The van der Waals surface area contributed by atoms with Crippen molar-refractivity contribution in [1.82, 2.24) is 15.0 Å². The Morgan fingerprint density at radius 2 is 1.94 bits per heavy atom. The summed E-state index contributed by atoms with van der Waals surface area (Å²) in [5.41, 5.74) is 8.46. The van der Waals surface area contributed by atoms with Gasteiger partial charge in [-0.25, -0.2) is 4.79 Å². The van der Waals surface area contributed by atoms with E-state index in [1.54, 1.807) is 6.07 Å². The quantitative estimate of drug-likeness (QED) is 0.538. The van der Waals surface area contributed by atoms with Crippen LogP contribution >= 0.6 is 0 Å². The minimum Gasteiger partial charge on any atom is -0.483 e. The van der Waals surface area contributed by atoms with Gasteiger partial charge in [0, 0.05) is 17.7 Å². The summed E-state index contributed by atoms with van der Waals surface area (Å²) in [5.74, 6) is 1.14. The van der Waals surface area contributed by atoms with Crippen LogP contribution in [-0.2, 0) is 22.6 Å². The van der Waals surface area contributed by atoms with E-state index in [1.807, 2.05) is 57.2 Å². The Bertz CT molecular complexity index is 1130. The number of fused-ring (bicyclic) bond motifs is 1.